The summed E-state index contributed by atoms with van der Waals surface area (Å²) in [4.78, 5) is 12.3. The minimum Gasteiger partial charge on any atom is -0.462 e. The summed E-state index contributed by atoms with van der Waals surface area (Å²) in [5.74, 6) is 0.571. The van der Waals surface area contributed by atoms with E-state index in [2.05, 4.69) is 52.3 Å². The van der Waals surface area contributed by atoms with Gasteiger partial charge < -0.3 is 15.4 Å². The SMILES string of the molecule is CCCC(I)C1CCC(Nc2ccc(C(=O)OCC)cc2NCc2ccccc2)CC1. The first-order chi connectivity index (χ1) is 15.1. The molecule has 1 fully saturated rings. The first kappa shape index (κ1) is 23.9. The topological polar surface area (TPSA) is 50.4 Å². The van der Waals surface area contributed by atoms with Gasteiger partial charge in [0.2, 0.25) is 0 Å². The molecule has 3 rings (SSSR count). The monoisotopic (exact) mass is 534 g/mol. The Bertz CT molecular complexity index is 819. The van der Waals surface area contributed by atoms with Crippen molar-refractivity contribution in [1.29, 1.82) is 0 Å². The largest absolute Gasteiger partial charge is 0.462 e. The van der Waals surface area contributed by atoms with Gasteiger partial charge in [-0.3, -0.25) is 0 Å². The Morgan fingerprint density at radius 1 is 1.06 bits per heavy atom. The Kier molecular flexibility index (Phi) is 9.50. The van der Waals surface area contributed by atoms with Crippen LogP contribution < -0.4 is 10.6 Å². The molecule has 0 spiro atoms. The van der Waals surface area contributed by atoms with Gasteiger partial charge in [-0.05, 0) is 68.7 Å². The van der Waals surface area contributed by atoms with Gasteiger partial charge in [-0.1, -0.05) is 66.3 Å². The maximum Gasteiger partial charge on any atom is 0.338 e. The van der Waals surface area contributed by atoms with Crippen LogP contribution in [-0.2, 0) is 11.3 Å². The minimum atomic E-state index is -0.277. The molecule has 0 amide bonds. The summed E-state index contributed by atoms with van der Waals surface area (Å²) in [6.07, 6.45) is 7.58. The fourth-order valence-corrected chi connectivity index (χ4v) is 5.65. The van der Waals surface area contributed by atoms with E-state index < -0.39 is 0 Å². The van der Waals surface area contributed by atoms with E-state index in [0.29, 0.717) is 24.8 Å². The summed E-state index contributed by atoms with van der Waals surface area (Å²) in [6, 6.07) is 16.6. The van der Waals surface area contributed by atoms with Crippen LogP contribution in [0.3, 0.4) is 0 Å². The van der Waals surface area contributed by atoms with Crippen molar-refractivity contribution < 1.29 is 9.53 Å². The Morgan fingerprint density at radius 3 is 2.48 bits per heavy atom. The number of rotatable bonds is 10. The molecule has 0 saturated heterocycles. The van der Waals surface area contributed by atoms with Gasteiger partial charge in [0.15, 0.2) is 0 Å². The van der Waals surface area contributed by atoms with E-state index in [1.165, 1.54) is 44.1 Å². The van der Waals surface area contributed by atoms with Crippen molar-refractivity contribution >= 4 is 39.9 Å². The van der Waals surface area contributed by atoms with E-state index in [9.17, 15) is 4.79 Å². The van der Waals surface area contributed by atoms with E-state index in [1.807, 2.05) is 43.3 Å². The summed E-state index contributed by atoms with van der Waals surface area (Å²) in [6.45, 7) is 5.20. The van der Waals surface area contributed by atoms with E-state index in [0.717, 1.165) is 21.2 Å². The first-order valence-electron chi connectivity index (χ1n) is 11.6. The van der Waals surface area contributed by atoms with Crippen molar-refractivity contribution in [3.8, 4) is 0 Å². The molecule has 1 aliphatic carbocycles. The van der Waals surface area contributed by atoms with Gasteiger partial charge in [0.05, 0.1) is 23.5 Å². The first-order valence-corrected chi connectivity index (χ1v) is 12.8. The molecule has 1 saturated carbocycles. The average molecular weight is 534 g/mol. The number of nitrogens with one attached hydrogen (secondary N) is 2. The molecule has 0 heterocycles. The molecule has 2 N–H and O–H groups in total. The second-order valence-corrected chi connectivity index (χ2v) is 9.98. The molecule has 1 atom stereocenters. The average Bonchev–Trinajstić information content (AvgIpc) is 2.80. The Morgan fingerprint density at radius 2 is 1.81 bits per heavy atom. The number of hydrogen-bond acceptors (Lipinski definition) is 4. The highest BCUT2D eigenvalue weighted by molar-refractivity contribution is 14.1. The third kappa shape index (κ3) is 7.13. The highest BCUT2D eigenvalue weighted by Crippen LogP contribution is 2.35. The number of anilines is 2. The van der Waals surface area contributed by atoms with Crippen LogP contribution in [0.1, 0.15) is 68.3 Å². The van der Waals surface area contributed by atoms with E-state index in [4.69, 9.17) is 4.74 Å². The molecule has 168 valence electrons. The number of carbonyl (C=O) groups is 1. The fourth-order valence-electron chi connectivity index (χ4n) is 4.31. The van der Waals surface area contributed by atoms with E-state index >= 15 is 0 Å². The van der Waals surface area contributed by atoms with Crippen molar-refractivity contribution in [3.63, 3.8) is 0 Å². The maximum atomic E-state index is 12.3. The number of benzene rings is 2. The Labute approximate surface area is 200 Å². The third-order valence-electron chi connectivity index (χ3n) is 6.06. The lowest BCUT2D eigenvalue weighted by molar-refractivity contribution is 0.0526. The molecular weight excluding hydrogens is 499 g/mol. The van der Waals surface area contributed by atoms with Crippen LogP contribution in [0.4, 0.5) is 11.4 Å². The molecule has 31 heavy (non-hydrogen) atoms. The minimum absolute atomic E-state index is 0.277. The van der Waals surface area contributed by atoms with E-state index in [1.54, 1.807) is 0 Å². The third-order valence-corrected chi connectivity index (χ3v) is 7.70. The number of carbonyl (C=O) groups excluding carboxylic acids is 1. The zero-order valence-electron chi connectivity index (χ0n) is 18.7. The lowest BCUT2D eigenvalue weighted by Gasteiger charge is -2.33. The number of ether oxygens (including phenoxy) is 1. The lowest BCUT2D eigenvalue weighted by Crippen LogP contribution is -2.29. The standard InChI is InChI=1S/C26H35IN2O2/c1-3-8-23(27)20-11-14-22(15-12-20)29-24-16-13-21(26(30)31-4-2)17-25(24)28-18-19-9-6-5-7-10-19/h5-7,9-10,13,16-17,20,22-23,28-29H,3-4,8,11-12,14-15,18H2,1-2H3. The molecule has 4 nitrogen and oxygen atoms in total. The molecular formula is C26H35IN2O2. The number of hydrogen-bond donors (Lipinski definition) is 2. The van der Waals surface area contributed by atoms with Crippen LogP contribution in [0, 0.1) is 5.92 Å². The predicted octanol–water partition coefficient (Wildman–Crippen LogP) is 7.05. The van der Waals surface area contributed by atoms with Crippen LogP contribution in [0.5, 0.6) is 0 Å². The number of halogens is 1. The maximum absolute atomic E-state index is 12.3. The van der Waals surface area contributed by atoms with Gasteiger partial charge in [0.25, 0.3) is 0 Å². The zero-order chi connectivity index (χ0) is 22.1. The Hall–Kier alpha value is -1.76. The van der Waals surface area contributed by atoms with Crippen molar-refractivity contribution in [3.05, 3.63) is 59.7 Å². The van der Waals surface area contributed by atoms with Crippen molar-refractivity contribution in [1.82, 2.24) is 0 Å². The summed E-state index contributed by atoms with van der Waals surface area (Å²) < 4.78 is 6.00. The zero-order valence-corrected chi connectivity index (χ0v) is 20.9. The van der Waals surface area contributed by atoms with Crippen LogP contribution >= 0.6 is 22.6 Å². The molecule has 0 bridgehead atoms. The molecule has 0 aromatic heterocycles. The molecule has 5 heteroatoms. The fraction of sp³-hybridized carbons (Fsp3) is 0.500. The van der Waals surface area contributed by atoms with Gasteiger partial charge in [-0.2, -0.15) is 0 Å². The quantitative estimate of drug-likeness (QED) is 0.195. The van der Waals surface area contributed by atoms with Gasteiger partial charge in [-0.25, -0.2) is 4.79 Å². The highest BCUT2D eigenvalue weighted by Gasteiger charge is 2.26. The second kappa shape index (κ2) is 12.3. The van der Waals surface area contributed by atoms with Gasteiger partial charge in [-0.15, -0.1) is 0 Å². The predicted molar refractivity (Wildman–Crippen MR) is 138 cm³/mol. The lowest BCUT2D eigenvalue weighted by atomic mass is 9.83. The smallest absolute Gasteiger partial charge is 0.338 e. The summed E-state index contributed by atoms with van der Waals surface area (Å²) in [5, 5.41) is 7.29. The van der Waals surface area contributed by atoms with Gasteiger partial charge >= 0.3 is 5.97 Å². The second-order valence-electron chi connectivity index (χ2n) is 8.38. The molecule has 1 unspecified atom stereocenters. The Balaban J connectivity index is 1.68. The molecule has 2 aromatic rings. The van der Waals surface area contributed by atoms with Crippen molar-refractivity contribution in [2.75, 3.05) is 17.2 Å². The molecule has 2 aromatic carbocycles. The van der Waals surface area contributed by atoms with Gasteiger partial charge in [0, 0.05) is 16.5 Å². The highest BCUT2D eigenvalue weighted by atomic mass is 127. The summed E-state index contributed by atoms with van der Waals surface area (Å²) >= 11 is 2.66. The van der Waals surface area contributed by atoms with Gasteiger partial charge in [0.1, 0.15) is 0 Å². The van der Waals surface area contributed by atoms with Crippen molar-refractivity contribution in [2.24, 2.45) is 5.92 Å². The van der Waals surface area contributed by atoms with E-state index in [-0.39, 0.29) is 5.97 Å². The summed E-state index contributed by atoms with van der Waals surface area (Å²) in [5.41, 5.74) is 3.81. The van der Waals surface area contributed by atoms with Crippen LogP contribution in [0.2, 0.25) is 0 Å². The normalized spacial score (nSPS) is 19.5. The van der Waals surface area contributed by atoms with Crippen LogP contribution in [0.15, 0.2) is 48.5 Å². The molecule has 1 aliphatic rings. The van der Waals surface area contributed by atoms with Crippen molar-refractivity contribution in [2.45, 2.75) is 68.9 Å². The molecule has 0 aliphatic heterocycles. The molecule has 0 radical (unpaired) electrons. The van der Waals surface area contributed by atoms with Crippen LogP contribution in [-0.4, -0.2) is 22.5 Å². The number of alkyl halides is 1. The van der Waals surface area contributed by atoms with Crippen LogP contribution in [0.25, 0.3) is 0 Å². The number of esters is 1. The summed E-state index contributed by atoms with van der Waals surface area (Å²) in [7, 11) is 0.